The highest BCUT2D eigenvalue weighted by Gasteiger charge is 2.54. The van der Waals surface area contributed by atoms with E-state index in [2.05, 4.69) is 0 Å². The van der Waals surface area contributed by atoms with E-state index in [0.29, 0.717) is 0 Å². The van der Waals surface area contributed by atoms with Crippen LogP contribution in [0.4, 0.5) is 0 Å². The molecule has 16 heavy (non-hydrogen) atoms. The van der Waals surface area contributed by atoms with Crippen LogP contribution in [-0.2, 0) is 14.4 Å². The van der Waals surface area contributed by atoms with Gasteiger partial charge in [0.25, 0.3) is 0 Å². The lowest BCUT2D eigenvalue weighted by atomic mass is 9.79. The molecule has 0 saturated carbocycles. The molecular weight excluding hydrogens is 214 g/mol. The molecular formula is C10H11NO5. The predicted octanol–water partition coefficient (Wildman–Crippen LogP) is -0.441. The summed E-state index contributed by atoms with van der Waals surface area (Å²) in [7, 11) is 1.52. The minimum Gasteiger partial charge on any atom is -0.481 e. The fourth-order valence-corrected chi connectivity index (χ4v) is 2.53. The number of carboxylic acid groups (broad SMARTS) is 2. The molecule has 0 aromatic heterocycles. The Morgan fingerprint density at radius 2 is 2.06 bits per heavy atom. The number of rotatable bonds is 2. The summed E-state index contributed by atoms with van der Waals surface area (Å²) in [5.74, 6) is -4.70. The van der Waals surface area contributed by atoms with E-state index < -0.39 is 35.7 Å². The molecule has 2 aliphatic rings. The van der Waals surface area contributed by atoms with Crippen LogP contribution in [0.3, 0.4) is 0 Å². The Morgan fingerprint density at radius 1 is 1.44 bits per heavy atom. The Hall–Kier alpha value is -1.85. The highest BCUT2D eigenvalue weighted by Crippen LogP contribution is 2.41. The van der Waals surface area contributed by atoms with Gasteiger partial charge in [-0.2, -0.15) is 0 Å². The Labute approximate surface area is 91.2 Å². The quantitative estimate of drug-likeness (QED) is 0.664. The Balaban J connectivity index is 2.47. The first-order valence-corrected chi connectivity index (χ1v) is 4.88. The van der Waals surface area contributed by atoms with Gasteiger partial charge < -0.3 is 15.1 Å². The molecule has 2 N–H and O–H groups in total. The number of amides is 1. The standard InChI is InChI=1S/C10H11NO5/c1-11-5-3-2-4(9(13)14)6(8(11)12)7(5)10(15)16/h2,5-7H,3H2,1H3,(H,13,14)(H,15,16). The summed E-state index contributed by atoms with van der Waals surface area (Å²) in [5, 5.41) is 18.0. The van der Waals surface area contributed by atoms with E-state index in [1.807, 2.05) is 0 Å². The van der Waals surface area contributed by atoms with Gasteiger partial charge in [0.2, 0.25) is 5.91 Å². The molecule has 2 bridgehead atoms. The third-order valence-corrected chi connectivity index (χ3v) is 3.33. The van der Waals surface area contributed by atoms with Crippen molar-refractivity contribution in [3.63, 3.8) is 0 Å². The second kappa shape index (κ2) is 3.33. The minimum absolute atomic E-state index is 0.0852. The normalized spacial score (nSPS) is 32.6. The Bertz CT molecular complexity index is 413. The zero-order valence-electron chi connectivity index (χ0n) is 8.58. The lowest BCUT2D eigenvalue weighted by Crippen LogP contribution is -2.36. The van der Waals surface area contributed by atoms with Crippen molar-refractivity contribution in [1.29, 1.82) is 0 Å². The zero-order chi connectivity index (χ0) is 12.0. The van der Waals surface area contributed by atoms with Gasteiger partial charge in [0.05, 0.1) is 11.8 Å². The zero-order valence-corrected chi connectivity index (χ0v) is 8.58. The average Bonchev–Trinajstić information content (AvgIpc) is 2.39. The maximum atomic E-state index is 11.8. The fraction of sp³-hybridized carbons (Fsp3) is 0.500. The first-order valence-electron chi connectivity index (χ1n) is 4.88. The van der Waals surface area contributed by atoms with Crippen LogP contribution in [0.5, 0.6) is 0 Å². The van der Waals surface area contributed by atoms with Gasteiger partial charge in [0.15, 0.2) is 0 Å². The van der Waals surface area contributed by atoms with E-state index in [1.165, 1.54) is 18.0 Å². The number of carbonyl (C=O) groups is 3. The van der Waals surface area contributed by atoms with Crippen molar-refractivity contribution in [2.45, 2.75) is 12.5 Å². The largest absolute Gasteiger partial charge is 0.481 e. The predicted molar refractivity (Wildman–Crippen MR) is 51.5 cm³/mol. The van der Waals surface area contributed by atoms with Crippen molar-refractivity contribution in [3.05, 3.63) is 11.6 Å². The van der Waals surface area contributed by atoms with Gasteiger partial charge in [0, 0.05) is 18.7 Å². The maximum Gasteiger partial charge on any atom is 0.332 e. The smallest absolute Gasteiger partial charge is 0.332 e. The number of fused-ring (bicyclic) bond motifs is 2. The molecule has 6 nitrogen and oxygen atoms in total. The van der Waals surface area contributed by atoms with E-state index in [1.54, 1.807) is 0 Å². The van der Waals surface area contributed by atoms with Gasteiger partial charge in [-0.25, -0.2) is 4.79 Å². The average molecular weight is 225 g/mol. The van der Waals surface area contributed by atoms with Gasteiger partial charge in [-0.05, 0) is 6.42 Å². The molecule has 0 aromatic carbocycles. The van der Waals surface area contributed by atoms with Gasteiger partial charge >= 0.3 is 11.9 Å². The van der Waals surface area contributed by atoms with Crippen molar-refractivity contribution < 1.29 is 24.6 Å². The molecule has 86 valence electrons. The number of hydrogen-bond acceptors (Lipinski definition) is 3. The van der Waals surface area contributed by atoms with Crippen LogP contribution in [0.2, 0.25) is 0 Å². The summed E-state index contributed by atoms with van der Waals surface area (Å²) in [6, 6.07) is -0.418. The van der Waals surface area contributed by atoms with Crippen LogP contribution in [0, 0.1) is 11.8 Å². The molecule has 1 aliphatic carbocycles. The van der Waals surface area contributed by atoms with Gasteiger partial charge in [-0.15, -0.1) is 0 Å². The lowest BCUT2D eigenvalue weighted by Gasteiger charge is -2.24. The molecule has 3 atom stereocenters. The van der Waals surface area contributed by atoms with E-state index in [-0.39, 0.29) is 12.0 Å². The first kappa shape index (κ1) is 10.7. The molecule has 1 saturated heterocycles. The number of carboxylic acids is 2. The summed E-state index contributed by atoms with van der Waals surface area (Å²) < 4.78 is 0. The summed E-state index contributed by atoms with van der Waals surface area (Å²) in [6.07, 6.45) is 1.75. The Kier molecular flexibility index (Phi) is 2.22. The highest BCUT2D eigenvalue weighted by molar-refractivity contribution is 6.01. The number of carbonyl (C=O) groups excluding carboxylic acids is 1. The van der Waals surface area contributed by atoms with Crippen LogP contribution in [0.25, 0.3) is 0 Å². The second-order valence-electron chi connectivity index (χ2n) is 4.06. The van der Waals surface area contributed by atoms with E-state index in [9.17, 15) is 14.4 Å². The third kappa shape index (κ3) is 1.22. The van der Waals surface area contributed by atoms with Gasteiger partial charge in [-0.1, -0.05) is 6.08 Å². The Morgan fingerprint density at radius 3 is 2.56 bits per heavy atom. The maximum absolute atomic E-state index is 11.8. The van der Waals surface area contributed by atoms with Crippen LogP contribution in [-0.4, -0.2) is 46.0 Å². The van der Waals surface area contributed by atoms with Gasteiger partial charge in [-0.3, -0.25) is 9.59 Å². The van der Waals surface area contributed by atoms with Crippen molar-refractivity contribution in [3.8, 4) is 0 Å². The van der Waals surface area contributed by atoms with E-state index >= 15 is 0 Å². The third-order valence-electron chi connectivity index (χ3n) is 3.33. The molecule has 0 radical (unpaired) electrons. The van der Waals surface area contributed by atoms with Crippen molar-refractivity contribution in [2.75, 3.05) is 7.05 Å². The monoisotopic (exact) mass is 225 g/mol. The minimum atomic E-state index is -1.21. The summed E-state index contributed by atoms with van der Waals surface area (Å²) in [4.78, 5) is 35.1. The molecule has 6 heteroatoms. The lowest BCUT2D eigenvalue weighted by molar-refractivity contribution is -0.145. The molecule has 3 unspecified atom stereocenters. The van der Waals surface area contributed by atoms with Gasteiger partial charge in [0.1, 0.15) is 0 Å². The summed E-state index contributed by atoms with van der Waals surface area (Å²) >= 11 is 0. The van der Waals surface area contributed by atoms with E-state index in [4.69, 9.17) is 10.2 Å². The molecule has 1 heterocycles. The van der Waals surface area contributed by atoms with Crippen molar-refractivity contribution >= 4 is 17.8 Å². The molecule has 1 amide bonds. The number of likely N-dealkylation sites (tertiary alicyclic amines) is 1. The van der Waals surface area contributed by atoms with Crippen molar-refractivity contribution in [2.24, 2.45) is 11.8 Å². The first-order chi connectivity index (χ1) is 7.45. The number of nitrogens with zero attached hydrogens (tertiary/aromatic N) is 1. The van der Waals surface area contributed by atoms with Crippen molar-refractivity contribution in [1.82, 2.24) is 4.90 Å². The van der Waals surface area contributed by atoms with E-state index in [0.717, 1.165) is 0 Å². The molecule has 0 spiro atoms. The van der Waals surface area contributed by atoms with Crippen LogP contribution < -0.4 is 0 Å². The van der Waals surface area contributed by atoms with Crippen LogP contribution in [0.15, 0.2) is 11.6 Å². The fourth-order valence-electron chi connectivity index (χ4n) is 2.53. The number of aliphatic carboxylic acids is 2. The SMILES string of the molecule is CN1C(=O)C2C(C(=O)O)=CCC1C2C(=O)O. The molecule has 0 aromatic rings. The molecule has 1 aliphatic heterocycles. The summed E-state index contributed by atoms with van der Waals surface area (Å²) in [5.41, 5.74) is -0.0852. The number of hydrogen-bond donors (Lipinski definition) is 2. The second-order valence-corrected chi connectivity index (χ2v) is 4.06. The van der Waals surface area contributed by atoms with Crippen LogP contribution in [0.1, 0.15) is 6.42 Å². The summed E-state index contributed by atoms with van der Waals surface area (Å²) in [6.45, 7) is 0. The highest BCUT2D eigenvalue weighted by atomic mass is 16.4. The van der Waals surface area contributed by atoms with Crippen LogP contribution >= 0.6 is 0 Å². The molecule has 2 rings (SSSR count). The topological polar surface area (TPSA) is 94.9 Å². The molecule has 1 fully saturated rings.